The van der Waals surface area contributed by atoms with Gasteiger partial charge in [0.15, 0.2) is 5.96 Å². The minimum Gasteiger partial charge on any atom is -0.357 e. The summed E-state index contributed by atoms with van der Waals surface area (Å²) >= 11 is 0. The summed E-state index contributed by atoms with van der Waals surface area (Å²) in [6, 6.07) is -0.151. The number of aliphatic imine (C=N–C) groups is 1. The van der Waals surface area contributed by atoms with Crippen molar-refractivity contribution < 1.29 is 21.6 Å². The van der Waals surface area contributed by atoms with E-state index in [1.165, 1.54) is 0 Å². The van der Waals surface area contributed by atoms with Gasteiger partial charge in [-0.2, -0.15) is 22.6 Å². The molecular weight excluding hydrogens is 500 g/mol. The van der Waals surface area contributed by atoms with Crippen molar-refractivity contribution in [3.63, 3.8) is 0 Å². The van der Waals surface area contributed by atoms with Crippen LogP contribution in [0.5, 0.6) is 0 Å². The number of sulfonamides is 1. The molecule has 1 saturated heterocycles. The SMILES string of the molecule is CCNC(=NCc1cnn(C)c1)NC1CCN(S(=O)(=O)C(F)(F)F)CC1.I. The highest BCUT2D eigenvalue weighted by Gasteiger charge is 2.50. The van der Waals surface area contributed by atoms with Crippen LogP contribution in [0.3, 0.4) is 0 Å². The standard InChI is InChI=1S/C14H23F3N6O2S.HI/c1-3-18-13(19-8-11-9-20-22(2)10-11)21-12-4-6-23(7-5-12)26(24,25)14(15,16)17;/h9-10,12H,3-8H2,1-2H3,(H2,18,19,21);1H. The molecule has 0 aromatic carbocycles. The van der Waals surface area contributed by atoms with Gasteiger partial charge in [-0.1, -0.05) is 0 Å². The van der Waals surface area contributed by atoms with Gasteiger partial charge in [-0.25, -0.2) is 13.4 Å². The first-order valence-electron chi connectivity index (χ1n) is 8.22. The van der Waals surface area contributed by atoms with Gasteiger partial charge in [0.05, 0.1) is 12.7 Å². The Morgan fingerprint density at radius 1 is 1.37 bits per heavy atom. The lowest BCUT2D eigenvalue weighted by atomic mass is 10.1. The molecule has 0 aliphatic carbocycles. The van der Waals surface area contributed by atoms with Crippen LogP contribution >= 0.6 is 24.0 Å². The van der Waals surface area contributed by atoms with Crippen LogP contribution in [0, 0.1) is 0 Å². The zero-order valence-electron chi connectivity index (χ0n) is 15.0. The zero-order chi connectivity index (χ0) is 19.4. The molecule has 0 unspecified atom stereocenters. The van der Waals surface area contributed by atoms with Crippen molar-refractivity contribution in [2.75, 3.05) is 19.6 Å². The number of nitrogens with one attached hydrogen (secondary N) is 2. The van der Waals surface area contributed by atoms with Crippen molar-refractivity contribution >= 4 is 40.0 Å². The third-order valence-corrected chi connectivity index (χ3v) is 5.58. The Morgan fingerprint density at radius 2 is 2.00 bits per heavy atom. The Kier molecular flexibility index (Phi) is 8.79. The smallest absolute Gasteiger partial charge is 0.357 e. The predicted molar refractivity (Wildman–Crippen MR) is 106 cm³/mol. The van der Waals surface area contributed by atoms with Crippen LogP contribution in [0.2, 0.25) is 0 Å². The van der Waals surface area contributed by atoms with Crippen molar-refractivity contribution in [2.45, 2.75) is 37.9 Å². The molecule has 0 spiro atoms. The summed E-state index contributed by atoms with van der Waals surface area (Å²) in [6.07, 6.45) is 4.08. The topological polar surface area (TPSA) is 91.6 Å². The highest BCUT2D eigenvalue weighted by Crippen LogP contribution is 2.28. The van der Waals surface area contributed by atoms with Crippen molar-refractivity contribution in [3.8, 4) is 0 Å². The molecule has 13 heteroatoms. The fourth-order valence-electron chi connectivity index (χ4n) is 2.62. The van der Waals surface area contributed by atoms with Crippen molar-refractivity contribution in [2.24, 2.45) is 12.0 Å². The molecule has 1 aliphatic heterocycles. The van der Waals surface area contributed by atoms with E-state index < -0.39 is 15.5 Å². The molecule has 1 aromatic rings. The molecular formula is C14H24F3IN6O2S. The van der Waals surface area contributed by atoms with Crippen LogP contribution < -0.4 is 10.6 Å². The highest BCUT2D eigenvalue weighted by atomic mass is 127. The van der Waals surface area contributed by atoms with E-state index >= 15 is 0 Å². The number of halogens is 4. The van der Waals surface area contributed by atoms with Gasteiger partial charge in [-0.05, 0) is 19.8 Å². The zero-order valence-corrected chi connectivity index (χ0v) is 18.2. The monoisotopic (exact) mass is 524 g/mol. The molecule has 0 radical (unpaired) electrons. The van der Waals surface area contributed by atoms with Crippen LogP contribution in [-0.2, 0) is 23.6 Å². The van der Waals surface area contributed by atoms with Gasteiger partial charge >= 0.3 is 15.5 Å². The summed E-state index contributed by atoms with van der Waals surface area (Å²) in [5, 5.41) is 10.3. The molecule has 1 aliphatic rings. The Labute approximate surface area is 173 Å². The maximum atomic E-state index is 12.6. The molecule has 1 aromatic heterocycles. The van der Waals surface area contributed by atoms with E-state index in [-0.39, 0.29) is 55.9 Å². The van der Waals surface area contributed by atoms with E-state index in [9.17, 15) is 21.6 Å². The van der Waals surface area contributed by atoms with E-state index in [2.05, 4.69) is 20.7 Å². The van der Waals surface area contributed by atoms with Crippen LogP contribution in [0.4, 0.5) is 13.2 Å². The number of hydrogen-bond donors (Lipinski definition) is 2. The average molecular weight is 524 g/mol. The largest absolute Gasteiger partial charge is 0.511 e. The fraction of sp³-hybridized carbons (Fsp3) is 0.714. The summed E-state index contributed by atoms with van der Waals surface area (Å²) in [5.74, 6) is 0.536. The number of aromatic nitrogens is 2. The molecule has 2 rings (SSSR count). The predicted octanol–water partition coefficient (Wildman–Crippen LogP) is 1.41. The van der Waals surface area contributed by atoms with E-state index in [4.69, 9.17) is 0 Å². The molecule has 0 atom stereocenters. The second kappa shape index (κ2) is 9.91. The van der Waals surface area contributed by atoms with Gasteiger partial charge in [-0.15, -0.1) is 24.0 Å². The highest BCUT2D eigenvalue weighted by molar-refractivity contribution is 14.0. The molecule has 2 N–H and O–H groups in total. The first-order chi connectivity index (χ1) is 12.1. The number of guanidine groups is 1. The molecule has 0 amide bonds. The number of rotatable bonds is 5. The van der Waals surface area contributed by atoms with E-state index in [1.807, 2.05) is 13.1 Å². The first kappa shape index (κ1) is 23.9. The summed E-state index contributed by atoms with van der Waals surface area (Å²) in [6.45, 7) is 2.58. The molecule has 1 fully saturated rings. The Morgan fingerprint density at radius 3 is 2.48 bits per heavy atom. The molecule has 0 saturated carbocycles. The second-order valence-electron chi connectivity index (χ2n) is 5.99. The van der Waals surface area contributed by atoms with E-state index in [1.54, 1.807) is 17.9 Å². The van der Waals surface area contributed by atoms with Gasteiger partial charge < -0.3 is 10.6 Å². The number of nitrogens with zero attached hydrogens (tertiary/aromatic N) is 4. The van der Waals surface area contributed by atoms with Crippen LogP contribution in [0.15, 0.2) is 17.4 Å². The maximum Gasteiger partial charge on any atom is 0.511 e. The minimum absolute atomic E-state index is 0. The number of hydrogen-bond acceptors (Lipinski definition) is 4. The normalized spacial score (nSPS) is 17.4. The number of alkyl halides is 3. The summed E-state index contributed by atoms with van der Waals surface area (Å²) in [4.78, 5) is 4.43. The quantitative estimate of drug-likeness (QED) is 0.346. The minimum atomic E-state index is -5.26. The van der Waals surface area contributed by atoms with Gasteiger partial charge in [0.25, 0.3) is 0 Å². The van der Waals surface area contributed by atoms with Crippen molar-refractivity contribution in [1.29, 1.82) is 0 Å². The molecule has 2 heterocycles. The second-order valence-corrected chi connectivity index (χ2v) is 7.92. The lowest BCUT2D eigenvalue weighted by molar-refractivity contribution is -0.0494. The molecule has 0 bridgehead atoms. The van der Waals surface area contributed by atoms with Gasteiger partial charge in [0.2, 0.25) is 0 Å². The Balaban J connectivity index is 0.00000364. The Hall–Kier alpha value is -1.09. The number of piperidine rings is 1. The van der Waals surface area contributed by atoms with Crippen molar-refractivity contribution in [1.82, 2.24) is 24.7 Å². The summed E-state index contributed by atoms with van der Waals surface area (Å²) in [5.41, 5.74) is -4.33. The first-order valence-corrected chi connectivity index (χ1v) is 9.66. The van der Waals surface area contributed by atoms with E-state index in [0.29, 0.717) is 23.4 Å². The fourth-order valence-corrected chi connectivity index (χ4v) is 3.61. The van der Waals surface area contributed by atoms with Crippen molar-refractivity contribution in [3.05, 3.63) is 18.0 Å². The average Bonchev–Trinajstić information content (AvgIpc) is 2.98. The van der Waals surface area contributed by atoms with Crippen LogP contribution in [-0.4, -0.2) is 59.6 Å². The van der Waals surface area contributed by atoms with Crippen LogP contribution in [0.1, 0.15) is 25.3 Å². The Bertz CT molecular complexity index is 729. The van der Waals surface area contributed by atoms with E-state index in [0.717, 1.165) is 5.56 Å². The van der Waals surface area contributed by atoms with Gasteiger partial charge in [0, 0.05) is 44.5 Å². The summed E-state index contributed by atoms with van der Waals surface area (Å²) < 4.78 is 62.9. The lowest BCUT2D eigenvalue weighted by Gasteiger charge is -2.32. The summed E-state index contributed by atoms with van der Waals surface area (Å²) in [7, 11) is -3.45. The molecule has 8 nitrogen and oxygen atoms in total. The number of aryl methyl sites for hydroxylation is 1. The maximum absolute atomic E-state index is 12.6. The van der Waals surface area contributed by atoms with Gasteiger partial charge in [0.1, 0.15) is 0 Å². The lowest BCUT2D eigenvalue weighted by Crippen LogP contribution is -2.51. The molecule has 27 heavy (non-hydrogen) atoms. The third-order valence-electron chi connectivity index (χ3n) is 3.95. The van der Waals surface area contributed by atoms with Gasteiger partial charge in [-0.3, -0.25) is 4.68 Å². The third kappa shape index (κ3) is 6.48. The molecule has 156 valence electrons. The van der Waals surface area contributed by atoms with Crippen LogP contribution in [0.25, 0.3) is 0 Å².